The van der Waals surface area contributed by atoms with Crippen LogP contribution < -0.4 is 5.32 Å². The van der Waals surface area contributed by atoms with Crippen LogP contribution in [-0.2, 0) is 17.8 Å². The zero-order chi connectivity index (χ0) is 22.5. The monoisotopic (exact) mass is 429 g/mol. The first kappa shape index (κ1) is 22.6. The van der Waals surface area contributed by atoms with Crippen molar-refractivity contribution in [3.8, 4) is 0 Å². The van der Waals surface area contributed by atoms with Gasteiger partial charge in [0.2, 0.25) is 0 Å². The van der Waals surface area contributed by atoms with Crippen molar-refractivity contribution >= 4 is 23.6 Å². The second-order valence-corrected chi connectivity index (χ2v) is 6.28. The molecule has 162 valence electrons. The van der Waals surface area contributed by atoms with Crippen molar-refractivity contribution in [3.63, 3.8) is 0 Å². The molecule has 0 aromatic carbocycles. The van der Waals surface area contributed by atoms with Gasteiger partial charge in [0.25, 0.3) is 5.91 Å². The molecule has 1 aliphatic rings. The van der Waals surface area contributed by atoms with Crippen LogP contribution in [0.3, 0.4) is 0 Å². The van der Waals surface area contributed by atoms with Crippen molar-refractivity contribution in [2.45, 2.75) is 19.1 Å². The second kappa shape index (κ2) is 9.24. The molecule has 30 heavy (non-hydrogen) atoms. The van der Waals surface area contributed by atoms with Crippen LogP contribution >= 0.6 is 0 Å². The first-order valence-corrected chi connectivity index (χ1v) is 8.45. The third-order valence-corrected chi connectivity index (χ3v) is 3.86. The minimum Gasteiger partial charge on any atom is -0.475 e. The molecular formula is C17H18F3N5O5. The molecular weight excluding hydrogens is 411 g/mol. The molecule has 3 amide bonds. The van der Waals surface area contributed by atoms with E-state index < -0.39 is 12.1 Å². The van der Waals surface area contributed by atoms with Gasteiger partial charge in [0.15, 0.2) is 5.69 Å². The molecule has 0 fully saturated rings. The number of carbonyl (C=O) groups excluding carboxylic acids is 2. The summed E-state index contributed by atoms with van der Waals surface area (Å²) in [4.78, 5) is 40.5. The van der Waals surface area contributed by atoms with Crippen molar-refractivity contribution in [2.24, 2.45) is 0 Å². The molecule has 0 saturated carbocycles. The van der Waals surface area contributed by atoms with Gasteiger partial charge in [0.05, 0.1) is 18.4 Å². The number of hydrogen-bond acceptors (Lipinski definition) is 6. The van der Waals surface area contributed by atoms with Crippen LogP contribution in [0.15, 0.2) is 29.0 Å². The Bertz CT molecular complexity index is 914. The summed E-state index contributed by atoms with van der Waals surface area (Å²) in [6, 6.07) is 3.36. The third kappa shape index (κ3) is 5.68. The van der Waals surface area contributed by atoms with E-state index in [-0.39, 0.29) is 17.6 Å². The van der Waals surface area contributed by atoms with Crippen molar-refractivity contribution in [1.29, 1.82) is 0 Å². The molecule has 0 saturated heterocycles. The first-order chi connectivity index (χ1) is 14.0. The van der Waals surface area contributed by atoms with E-state index in [1.165, 1.54) is 4.90 Å². The molecule has 1 aliphatic heterocycles. The summed E-state index contributed by atoms with van der Waals surface area (Å²) in [5.41, 5.74) is 1.44. The summed E-state index contributed by atoms with van der Waals surface area (Å²) in [7, 11) is 3.39. The van der Waals surface area contributed by atoms with E-state index in [0.717, 1.165) is 0 Å². The average molecular weight is 429 g/mol. The van der Waals surface area contributed by atoms with Gasteiger partial charge in [-0.25, -0.2) is 9.59 Å². The predicted octanol–water partition coefficient (Wildman–Crippen LogP) is 1.99. The number of aromatic nitrogens is 2. The molecule has 2 aromatic rings. The number of amides is 3. The maximum Gasteiger partial charge on any atom is 0.490 e. The molecule has 0 atom stereocenters. The van der Waals surface area contributed by atoms with Crippen LogP contribution in [0.25, 0.3) is 0 Å². The number of pyridine rings is 1. The molecule has 0 spiro atoms. The number of carboxylic acid groups (broad SMARTS) is 1. The standard InChI is InChI=1S/C15H17N5O3.C2HF3O2/c1-19(2)15(22)20-7-5-12-11(9-20)13(18-23-12)14(21)17-10-4-3-6-16-8-10;3-2(4,5)1(6)7/h3-4,6,8H,5,7,9H2,1-2H3,(H,17,21);(H,6,7). The summed E-state index contributed by atoms with van der Waals surface area (Å²) in [5, 5.41) is 13.7. The molecule has 0 radical (unpaired) electrons. The Morgan fingerprint density at radius 2 is 1.97 bits per heavy atom. The molecule has 0 unspecified atom stereocenters. The van der Waals surface area contributed by atoms with Crippen LogP contribution in [-0.4, -0.2) is 69.8 Å². The van der Waals surface area contributed by atoms with E-state index in [2.05, 4.69) is 15.5 Å². The molecule has 3 rings (SSSR count). The lowest BCUT2D eigenvalue weighted by molar-refractivity contribution is -0.192. The Labute approximate surface area is 168 Å². The highest BCUT2D eigenvalue weighted by atomic mass is 19.4. The van der Waals surface area contributed by atoms with E-state index >= 15 is 0 Å². The molecule has 2 aromatic heterocycles. The van der Waals surface area contributed by atoms with Crippen molar-refractivity contribution < 1.29 is 37.2 Å². The van der Waals surface area contributed by atoms with Gasteiger partial charge in [0, 0.05) is 38.8 Å². The molecule has 10 nitrogen and oxygen atoms in total. The summed E-state index contributed by atoms with van der Waals surface area (Å²) in [5.74, 6) is -2.47. The van der Waals surface area contributed by atoms with E-state index in [1.54, 1.807) is 43.5 Å². The predicted molar refractivity (Wildman–Crippen MR) is 95.6 cm³/mol. The minimum absolute atomic E-state index is 0.101. The fourth-order valence-electron chi connectivity index (χ4n) is 2.46. The number of carboxylic acids is 1. The van der Waals surface area contributed by atoms with Gasteiger partial charge < -0.3 is 24.7 Å². The summed E-state index contributed by atoms with van der Waals surface area (Å²) in [6.07, 6.45) is -1.37. The van der Waals surface area contributed by atoms with Crippen molar-refractivity contribution in [1.82, 2.24) is 19.9 Å². The number of halogens is 3. The fourth-order valence-corrected chi connectivity index (χ4v) is 2.46. The van der Waals surface area contributed by atoms with Crippen LogP contribution in [0.2, 0.25) is 0 Å². The zero-order valence-corrected chi connectivity index (χ0v) is 15.9. The summed E-state index contributed by atoms with van der Waals surface area (Å²) < 4.78 is 37.0. The van der Waals surface area contributed by atoms with Crippen LogP contribution in [0, 0.1) is 0 Å². The topological polar surface area (TPSA) is 129 Å². The second-order valence-electron chi connectivity index (χ2n) is 6.28. The summed E-state index contributed by atoms with van der Waals surface area (Å²) >= 11 is 0. The Balaban J connectivity index is 0.000000396. The highest BCUT2D eigenvalue weighted by Gasteiger charge is 2.38. The average Bonchev–Trinajstić information content (AvgIpc) is 3.11. The van der Waals surface area contributed by atoms with Gasteiger partial charge in [0.1, 0.15) is 5.76 Å². The lowest BCUT2D eigenvalue weighted by Crippen LogP contribution is -2.42. The van der Waals surface area contributed by atoms with E-state index in [4.69, 9.17) is 14.4 Å². The number of anilines is 1. The number of hydrogen-bond donors (Lipinski definition) is 2. The molecule has 13 heteroatoms. The zero-order valence-electron chi connectivity index (χ0n) is 15.9. The number of nitrogens with one attached hydrogen (secondary N) is 1. The highest BCUT2D eigenvalue weighted by Crippen LogP contribution is 2.23. The molecule has 0 bridgehead atoms. The van der Waals surface area contributed by atoms with Crippen LogP contribution in [0.1, 0.15) is 21.8 Å². The SMILES string of the molecule is CN(C)C(=O)N1CCc2onc(C(=O)Nc3cccnc3)c2C1.O=C(O)C(F)(F)F. The van der Waals surface area contributed by atoms with Crippen molar-refractivity contribution in [3.05, 3.63) is 41.5 Å². The maximum absolute atomic E-state index is 12.4. The lowest BCUT2D eigenvalue weighted by Gasteiger charge is -2.28. The number of rotatable bonds is 2. The Morgan fingerprint density at radius 1 is 1.30 bits per heavy atom. The Kier molecular flexibility index (Phi) is 6.97. The minimum atomic E-state index is -5.08. The number of nitrogens with zero attached hydrogens (tertiary/aromatic N) is 4. The number of carbonyl (C=O) groups is 3. The number of aliphatic carboxylic acids is 1. The smallest absolute Gasteiger partial charge is 0.475 e. The lowest BCUT2D eigenvalue weighted by atomic mass is 10.1. The molecule has 3 heterocycles. The molecule has 0 aliphatic carbocycles. The first-order valence-electron chi connectivity index (χ1n) is 8.45. The van der Waals surface area contributed by atoms with Crippen LogP contribution in [0.5, 0.6) is 0 Å². The third-order valence-electron chi connectivity index (χ3n) is 3.86. The van der Waals surface area contributed by atoms with Crippen molar-refractivity contribution in [2.75, 3.05) is 26.0 Å². The van der Waals surface area contributed by atoms with Crippen LogP contribution in [0.4, 0.5) is 23.7 Å². The number of fused-ring (bicyclic) bond motifs is 1. The van der Waals surface area contributed by atoms with Gasteiger partial charge in [-0.05, 0) is 12.1 Å². The van der Waals surface area contributed by atoms with E-state index in [9.17, 15) is 22.8 Å². The van der Waals surface area contributed by atoms with Gasteiger partial charge >= 0.3 is 18.2 Å². The van der Waals surface area contributed by atoms with Gasteiger partial charge in [-0.15, -0.1) is 0 Å². The normalized spacial score (nSPS) is 12.9. The van der Waals surface area contributed by atoms with E-state index in [0.29, 0.717) is 36.5 Å². The largest absolute Gasteiger partial charge is 0.490 e. The van der Waals surface area contributed by atoms with E-state index in [1.807, 2.05) is 0 Å². The number of alkyl halides is 3. The highest BCUT2D eigenvalue weighted by molar-refractivity contribution is 6.03. The Hall–Kier alpha value is -3.64. The molecule has 2 N–H and O–H groups in total. The Morgan fingerprint density at radius 3 is 2.50 bits per heavy atom. The summed E-state index contributed by atoms with van der Waals surface area (Å²) in [6.45, 7) is 0.856. The van der Waals surface area contributed by atoms with Gasteiger partial charge in [-0.3, -0.25) is 9.78 Å². The number of urea groups is 1. The quantitative estimate of drug-likeness (QED) is 0.747. The van der Waals surface area contributed by atoms with Gasteiger partial charge in [-0.1, -0.05) is 5.16 Å². The fraction of sp³-hybridized carbons (Fsp3) is 0.353. The van der Waals surface area contributed by atoms with Gasteiger partial charge in [-0.2, -0.15) is 13.2 Å². The maximum atomic E-state index is 12.4.